The van der Waals surface area contributed by atoms with Crippen molar-refractivity contribution in [3.8, 4) is 5.75 Å². The third-order valence-electron chi connectivity index (χ3n) is 6.53. The summed E-state index contributed by atoms with van der Waals surface area (Å²) in [5, 5.41) is 3.29. The summed E-state index contributed by atoms with van der Waals surface area (Å²) in [6.45, 7) is 9.33. The van der Waals surface area contributed by atoms with Gasteiger partial charge in [0.2, 0.25) is 5.91 Å². The van der Waals surface area contributed by atoms with Crippen LogP contribution in [-0.4, -0.2) is 75.2 Å². The van der Waals surface area contributed by atoms with Crippen LogP contribution in [-0.2, 0) is 27.8 Å². The second-order valence-electron chi connectivity index (χ2n) is 8.88. The van der Waals surface area contributed by atoms with Gasteiger partial charge in [-0.1, -0.05) is 13.0 Å². The summed E-state index contributed by atoms with van der Waals surface area (Å²) in [7, 11) is -3.49. The molecule has 1 aromatic carbocycles. The molecule has 1 unspecified atom stereocenters. The summed E-state index contributed by atoms with van der Waals surface area (Å²) in [4.78, 5) is 16.8. The standard InChI is InChI=1S/C24H39N3O4S/c1-3-14-26(15-5-6-16-27-17-13-25-12-11-24(27)28)22-9-7-21-19-23(10-8-20(21)18-22)31-32(29,30)4-2/h8,10,19,22,25H,3-7,9,11-18H2,1-2H3. The first-order valence-corrected chi connectivity index (χ1v) is 13.8. The van der Waals surface area contributed by atoms with Gasteiger partial charge in [0.05, 0.1) is 5.75 Å². The zero-order valence-electron chi connectivity index (χ0n) is 19.6. The first-order valence-electron chi connectivity index (χ1n) is 12.2. The number of carbonyl (C=O) groups excluding carboxylic acids is 1. The maximum absolute atomic E-state index is 12.2. The summed E-state index contributed by atoms with van der Waals surface area (Å²) < 4.78 is 28.7. The highest BCUT2D eigenvalue weighted by molar-refractivity contribution is 7.87. The van der Waals surface area contributed by atoms with Gasteiger partial charge in [0.15, 0.2) is 0 Å². The van der Waals surface area contributed by atoms with Gasteiger partial charge >= 0.3 is 10.1 Å². The minimum atomic E-state index is -3.49. The Morgan fingerprint density at radius 2 is 1.97 bits per heavy atom. The Hall–Kier alpha value is -1.64. The number of fused-ring (bicyclic) bond motifs is 1. The van der Waals surface area contributed by atoms with Crippen molar-refractivity contribution in [3.05, 3.63) is 29.3 Å². The Bertz CT molecular complexity index is 859. The van der Waals surface area contributed by atoms with Crippen molar-refractivity contribution < 1.29 is 17.4 Å². The van der Waals surface area contributed by atoms with Crippen LogP contribution in [0, 0.1) is 0 Å². The topological polar surface area (TPSA) is 79.0 Å². The van der Waals surface area contributed by atoms with Gasteiger partial charge in [-0.15, -0.1) is 0 Å². The summed E-state index contributed by atoms with van der Waals surface area (Å²) in [6.07, 6.45) is 6.89. The predicted octanol–water partition coefficient (Wildman–Crippen LogP) is 2.59. The molecule has 32 heavy (non-hydrogen) atoms. The average molecular weight is 466 g/mol. The van der Waals surface area contributed by atoms with E-state index in [1.54, 1.807) is 13.0 Å². The average Bonchev–Trinajstić information content (AvgIpc) is 2.99. The first kappa shape index (κ1) is 25.0. The number of carbonyl (C=O) groups is 1. The number of unbranched alkanes of at least 4 members (excludes halogenated alkanes) is 1. The first-order chi connectivity index (χ1) is 15.4. The molecule has 0 saturated carbocycles. The van der Waals surface area contributed by atoms with Crippen LogP contribution in [0.3, 0.4) is 0 Å². The second-order valence-corrected chi connectivity index (χ2v) is 10.7. The van der Waals surface area contributed by atoms with Crippen LogP contribution in [0.25, 0.3) is 0 Å². The smallest absolute Gasteiger partial charge is 0.308 e. The summed E-state index contributed by atoms with van der Waals surface area (Å²) in [5.41, 5.74) is 2.50. The summed E-state index contributed by atoms with van der Waals surface area (Å²) in [5.74, 6) is 0.674. The van der Waals surface area contributed by atoms with Gasteiger partial charge in [-0.05, 0) is 81.8 Å². The zero-order valence-corrected chi connectivity index (χ0v) is 20.5. The van der Waals surface area contributed by atoms with Gasteiger partial charge in [0.25, 0.3) is 0 Å². The van der Waals surface area contributed by atoms with Crippen molar-refractivity contribution >= 4 is 16.0 Å². The molecule has 1 atom stereocenters. The van der Waals surface area contributed by atoms with Crippen molar-refractivity contribution in [1.29, 1.82) is 0 Å². The lowest BCUT2D eigenvalue weighted by Gasteiger charge is -2.35. The molecular weight excluding hydrogens is 426 g/mol. The molecule has 1 fully saturated rings. The number of aryl methyl sites for hydroxylation is 1. The number of amides is 1. The van der Waals surface area contributed by atoms with Crippen molar-refractivity contribution in [1.82, 2.24) is 15.1 Å². The third kappa shape index (κ3) is 7.18. The zero-order chi connectivity index (χ0) is 23.0. The SMILES string of the molecule is CCCN(CCCCN1CCNCCC1=O)C1CCc2cc(OS(=O)(=O)CC)ccc2C1. The lowest BCUT2D eigenvalue weighted by molar-refractivity contribution is -0.130. The highest BCUT2D eigenvalue weighted by Crippen LogP contribution is 2.29. The molecule has 1 heterocycles. The van der Waals surface area contributed by atoms with Crippen molar-refractivity contribution in [2.75, 3.05) is 45.0 Å². The van der Waals surface area contributed by atoms with Crippen molar-refractivity contribution in [2.45, 2.75) is 64.8 Å². The molecule has 0 bridgehead atoms. The van der Waals surface area contributed by atoms with E-state index in [4.69, 9.17) is 4.18 Å². The molecule has 1 aliphatic carbocycles. The van der Waals surface area contributed by atoms with Crippen molar-refractivity contribution in [2.24, 2.45) is 0 Å². The van der Waals surface area contributed by atoms with Crippen LogP contribution < -0.4 is 9.50 Å². The molecule has 0 aromatic heterocycles. The van der Waals surface area contributed by atoms with Gasteiger partial charge in [0.1, 0.15) is 5.75 Å². The van der Waals surface area contributed by atoms with Crippen LogP contribution in [0.2, 0.25) is 0 Å². The number of nitrogens with one attached hydrogen (secondary N) is 1. The van der Waals surface area contributed by atoms with Crippen LogP contribution >= 0.6 is 0 Å². The van der Waals surface area contributed by atoms with E-state index in [-0.39, 0.29) is 11.7 Å². The molecule has 8 heteroatoms. The molecule has 3 rings (SSSR count). The van der Waals surface area contributed by atoms with Crippen molar-refractivity contribution in [3.63, 3.8) is 0 Å². The second kappa shape index (κ2) is 12.0. The van der Waals surface area contributed by atoms with E-state index in [0.29, 0.717) is 18.2 Å². The minimum Gasteiger partial charge on any atom is -0.382 e. The van der Waals surface area contributed by atoms with E-state index in [2.05, 4.69) is 17.1 Å². The van der Waals surface area contributed by atoms with Crippen LogP contribution in [0.5, 0.6) is 5.75 Å². The fraction of sp³-hybridized carbons (Fsp3) is 0.708. The fourth-order valence-corrected chi connectivity index (χ4v) is 5.23. The lowest BCUT2D eigenvalue weighted by Crippen LogP contribution is -2.41. The Morgan fingerprint density at radius 1 is 1.12 bits per heavy atom. The van der Waals surface area contributed by atoms with E-state index in [9.17, 15) is 13.2 Å². The van der Waals surface area contributed by atoms with Gasteiger partial charge < -0.3 is 19.3 Å². The third-order valence-corrected chi connectivity index (χ3v) is 7.69. The molecule has 1 aliphatic heterocycles. The Labute approximate surface area is 193 Å². The van der Waals surface area contributed by atoms with Gasteiger partial charge in [-0.25, -0.2) is 0 Å². The molecule has 7 nitrogen and oxygen atoms in total. The van der Waals surface area contributed by atoms with Crippen LogP contribution in [0.4, 0.5) is 0 Å². The molecule has 180 valence electrons. The molecule has 1 aromatic rings. The van der Waals surface area contributed by atoms with E-state index in [1.165, 1.54) is 11.1 Å². The Morgan fingerprint density at radius 3 is 2.75 bits per heavy atom. The molecule has 1 amide bonds. The van der Waals surface area contributed by atoms with E-state index >= 15 is 0 Å². The van der Waals surface area contributed by atoms with Crippen LogP contribution in [0.1, 0.15) is 57.1 Å². The molecule has 1 N–H and O–H groups in total. The summed E-state index contributed by atoms with van der Waals surface area (Å²) >= 11 is 0. The van der Waals surface area contributed by atoms with E-state index in [0.717, 1.165) is 77.8 Å². The quantitative estimate of drug-likeness (QED) is 0.400. The number of nitrogens with zero attached hydrogens (tertiary/aromatic N) is 2. The number of hydrogen-bond donors (Lipinski definition) is 1. The predicted molar refractivity (Wildman–Crippen MR) is 128 cm³/mol. The molecule has 2 aliphatic rings. The van der Waals surface area contributed by atoms with Gasteiger partial charge in [-0.2, -0.15) is 8.42 Å². The normalized spacial score (nSPS) is 19.7. The minimum absolute atomic E-state index is 0.0268. The van der Waals surface area contributed by atoms with Crippen LogP contribution in [0.15, 0.2) is 18.2 Å². The number of rotatable bonds is 11. The number of benzene rings is 1. The van der Waals surface area contributed by atoms with Gasteiger partial charge in [-0.3, -0.25) is 4.79 Å². The monoisotopic (exact) mass is 465 g/mol. The highest BCUT2D eigenvalue weighted by Gasteiger charge is 2.25. The molecular formula is C24H39N3O4S. The largest absolute Gasteiger partial charge is 0.382 e. The maximum Gasteiger partial charge on any atom is 0.308 e. The lowest BCUT2D eigenvalue weighted by atomic mass is 9.87. The van der Waals surface area contributed by atoms with E-state index in [1.807, 2.05) is 17.0 Å². The number of hydrogen-bond acceptors (Lipinski definition) is 6. The fourth-order valence-electron chi connectivity index (χ4n) is 4.72. The molecule has 1 saturated heterocycles. The van der Waals surface area contributed by atoms with E-state index < -0.39 is 10.1 Å². The maximum atomic E-state index is 12.2. The molecule has 0 spiro atoms. The highest BCUT2D eigenvalue weighted by atomic mass is 32.2. The Balaban J connectivity index is 1.52. The summed E-state index contributed by atoms with van der Waals surface area (Å²) in [6, 6.07) is 6.23. The Kier molecular flexibility index (Phi) is 9.37. The van der Waals surface area contributed by atoms with Gasteiger partial charge in [0, 0.05) is 38.6 Å². The molecule has 0 radical (unpaired) electrons.